The minimum atomic E-state index is -0.161. The number of anilines is 3. The minimum Gasteiger partial charge on any atom is -0.372 e. The molecule has 5 heteroatoms. The first-order chi connectivity index (χ1) is 14.1. The number of aromatic nitrogens is 1. The van der Waals surface area contributed by atoms with Crippen molar-refractivity contribution >= 4 is 23.1 Å². The van der Waals surface area contributed by atoms with Crippen LogP contribution < -0.4 is 15.5 Å². The van der Waals surface area contributed by atoms with Gasteiger partial charge in [-0.25, -0.2) is 4.98 Å². The third-order valence-corrected chi connectivity index (χ3v) is 4.93. The molecule has 150 valence electrons. The molecule has 29 heavy (non-hydrogen) atoms. The molecule has 1 amide bonds. The molecule has 0 unspecified atom stereocenters. The number of nitrogens with zero attached hydrogens (tertiary/aromatic N) is 2. The fraction of sp³-hybridized carbons (Fsp3) is 0.250. The van der Waals surface area contributed by atoms with Crippen LogP contribution in [-0.2, 0) is 6.54 Å². The molecule has 1 aromatic heterocycles. The summed E-state index contributed by atoms with van der Waals surface area (Å²) in [5.41, 5.74) is 4.73. The number of amides is 1. The number of rotatable bonds is 8. The summed E-state index contributed by atoms with van der Waals surface area (Å²) in [5.74, 6) is 0.580. The highest BCUT2D eigenvalue weighted by Gasteiger charge is 2.10. The second-order valence-corrected chi connectivity index (χ2v) is 6.90. The van der Waals surface area contributed by atoms with E-state index in [1.807, 2.05) is 43.3 Å². The van der Waals surface area contributed by atoms with Gasteiger partial charge in [-0.1, -0.05) is 30.3 Å². The standard InChI is InChI=1S/C24H28N4O/c1-4-28(5-2)21-12-13-22(18(3)15-21)27-24(29)20-11-14-23(26-17-20)25-16-19-9-7-6-8-10-19/h6-15,17H,4-5,16H2,1-3H3,(H,25,26)(H,27,29). The van der Waals surface area contributed by atoms with Crippen molar-refractivity contribution in [2.24, 2.45) is 0 Å². The van der Waals surface area contributed by atoms with Gasteiger partial charge in [0.05, 0.1) is 5.56 Å². The van der Waals surface area contributed by atoms with Gasteiger partial charge in [0.1, 0.15) is 5.82 Å². The van der Waals surface area contributed by atoms with Crippen LogP contribution in [0, 0.1) is 6.92 Å². The third-order valence-electron chi connectivity index (χ3n) is 4.93. The number of pyridine rings is 1. The lowest BCUT2D eigenvalue weighted by molar-refractivity contribution is 0.102. The van der Waals surface area contributed by atoms with Crippen molar-refractivity contribution in [2.45, 2.75) is 27.3 Å². The number of hydrogen-bond acceptors (Lipinski definition) is 4. The maximum absolute atomic E-state index is 12.6. The predicted molar refractivity (Wildman–Crippen MR) is 121 cm³/mol. The molecule has 0 aliphatic heterocycles. The Labute approximate surface area is 172 Å². The van der Waals surface area contributed by atoms with Gasteiger partial charge < -0.3 is 15.5 Å². The Morgan fingerprint density at radius 1 is 1.00 bits per heavy atom. The Balaban J connectivity index is 1.62. The number of aryl methyl sites for hydroxylation is 1. The Kier molecular flexibility index (Phi) is 6.85. The first-order valence-corrected chi connectivity index (χ1v) is 10.0. The molecular formula is C24H28N4O. The van der Waals surface area contributed by atoms with E-state index in [0.29, 0.717) is 12.1 Å². The lowest BCUT2D eigenvalue weighted by Crippen LogP contribution is -2.22. The van der Waals surface area contributed by atoms with E-state index in [4.69, 9.17) is 0 Å². The number of benzene rings is 2. The van der Waals surface area contributed by atoms with Gasteiger partial charge >= 0.3 is 0 Å². The summed E-state index contributed by atoms with van der Waals surface area (Å²) in [6.07, 6.45) is 1.60. The molecular weight excluding hydrogens is 360 g/mol. The molecule has 3 rings (SSSR count). The van der Waals surface area contributed by atoms with Gasteiger partial charge in [0.15, 0.2) is 0 Å². The number of nitrogens with one attached hydrogen (secondary N) is 2. The summed E-state index contributed by atoms with van der Waals surface area (Å²) in [5, 5.41) is 6.25. The van der Waals surface area contributed by atoms with E-state index >= 15 is 0 Å². The second kappa shape index (κ2) is 9.73. The highest BCUT2D eigenvalue weighted by Crippen LogP contribution is 2.23. The Morgan fingerprint density at radius 2 is 1.76 bits per heavy atom. The summed E-state index contributed by atoms with van der Waals surface area (Å²) >= 11 is 0. The van der Waals surface area contributed by atoms with E-state index in [2.05, 4.69) is 52.6 Å². The molecule has 0 bridgehead atoms. The summed E-state index contributed by atoms with van der Waals surface area (Å²) in [7, 11) is 0. The van der Waals surface area contributed by atoms with Crippen LogP contribution in [0.25, 0.3) is 0 Å². The van der Waals surface area contributed by atoms with Crippen molar-refractivity contribution in [1.82, 2.24) is 4.98 Å². The van der Waals surface area contributed by atoms with Crippen LogP contribution in [0.2, 0.25) is 0 Å². The molecule has 0 spiro atoms. The molecule has 0 saturated carbocycles. The van der Waals surface area contributed by atoms with Crippen LogP contribution in [0.1, 0.15) is 35.3 Å². The highest BCUT2D eigenvalue weighted by molar-refractivity contribution is 6.04. The van der Waals surface area contributed by atoms with Crippen LogP contribution >= 0.6 is 0 Å². The van der Waals surface area contributed by atoms with Crippen molar-refractivity contribution in [3.63, 3.8) is 0 Å². The van der Waals surface area contributed by atoms with E-state index in [1.54, 1.807) is 12.3 Å². The summed E-state index contributed by atoms with van der Waals surface area (Å²) in [6, 6.07) is 19.9. The Bertz CT molecular complexity index is 935. The Morgan fingerprint density at radius 3 is 2.38 bits per heavy atom. The zero-order valence-corrected chi connectivity index (χ0v) is 17.3. The average molecular weight is 389 g/mol. The predicted octanol–water partition coefficient (Wildman–Crippen LogP) is 5.10. The molecule has 2 aromatic carbocycles. The van der Waals surface area contributed by atoms with E-state index in [9.17, 15) is 4.79 Å². The molecule has 5 nitrogen and oxygen atoms in total. The van der Waals surface area contributed by atoms with Crippen molar-refractivity contribution in [3.05, 3.63) is 83.6 Å². The van der Waals surface area contributed by atoms with E-state index < -0.39 is 0 Å². The summed E-state index contributed by atoms with van der Waals surface area (Å²) in [6.45, 7) is 8.89. The molecule has 0 aliphatic carbocycles. The topological polar surface area (TPSA) is 57.3 Å². The van der Waals surface area contributed by atoms with Crippen molar-refractivity contribution < 1.29 is 4.79 Å². The van der Waals surface area contributed by atoms with E-state index in [1.165, 1.54) is 11.3 Å². The van der Waals surface area contributed by atoms with Gasteiger partial charge in [0, 0.05) is 37.2 Å². The molecule has 1 heterocycles. The molecule has 2 N–H and O–H groups in total. The van der Waals surface area contributed by atoms with Crippen molar-refractivity contribution in [3.8, 4) is 0 Å². The maximum Gasteiger partial charge on any atom is 0.257 e. The number of hydrogen-bond donors (Lipinski definition) is 2. The van der Waals surface area contributed by atoms with Crippen LogP contribution in [0.15, 0.2) is 66.9 Å². The Hall–Kier alpha value is -3.34. The fourth-order valence-electron chi connectivity index (χ4n) is 3.19. The maximum atomic E-state index is 12.6. The molecule has 0 radical (unpaired) electrons. The molecule has 0 fully saturated rings. The van der Waals surface area contributed by atoms with Crippen molar-refractivity contribution in [2.75, 3.05) is 28.6 Å². The molecule has 3 aromatic rings. The fourth-order valence-corrected chi connectivity index (χ4v) is 3.19. The van der Waals surface area contributed by atoms with Gasteiger partial charge in [-0.3, -0.25) is 4.79 Å². The van der Waals surface area contributed by atoms with Crippen LogP contribution in [0.3, 0.4) is 0 Å². The summed E-state index contributed by atoms with van der Waals surface area (Å²) in [4.78, 5) is 19.2. The normalized spacial score (nSPS) is 10.4. The average Bonchev–Trinajstić information content (AvgIpc) is 2.76. The smallest absolute Gasteiger partial charge is 0.257 e. The zero-order valence-electron chi connectivity index (χ0n) is 17.3. The van der Waals surface area contributed by atoms with Gasteiger partial charge in [-0.15, -0.1) is 0 Å². The quantitative estimate of drug-likeness (QED) is 0.564. The molecule has 0 atom stereocenters. The van der Waals surface area contributed by atoms with Crippen LogP contribution in [0.4, 0.5) is 17.2 Å². The second-order valence-electron chi connectivity index (χ2n) is 6.90. The monoisotopic (exact) mass is 388 g/mol. The first kappa shape index (κ1) is 20.4. The van der Waals surface area contributed by atoms with Gasteiger partial charge in [-0.2, -0.15) is 0 Å². The minimum absolute atomic E-state index is 0.161. The largest absolute Gasteiger partial charge is 0.372 e. The number of carbonyl (C=O) groups is 1. The van der Waals surface area contributed by atoms with Crippen LogP contribution in [0.5, 0.6) is 0 Å². The zero-order chi connectivity index (χ0) is 20.6. The van der Waals surface area contributed by atoms with Gasteiger partial charge in [-0.05, 0) is 62.2 Å². The van der Waals surface area contributed by atoms with Gasteiger partial charge in [0.2, 0.25) is 0 Å². The van der Waals surface area contributed by atoms with E-state index in [0.717, 1.165) is 30.2 Å². The summed E-state index contributed by atoms with van der Waals surface area (Å²) < 4.78 is 0. The lowest BCUT2D eigenvalue weighted by atomic mass is 10.1. The lowest BCUT2D eigenvalue weighted by Gasteiger charge is -2.22. The number of carbonyl (C=O) groups excluding carboxylic acids is 1. The van der Waals surface area contributed by atoms with Gasteiger partial charge in [0.25, 0.3) is 5.91 Å². The molecule has 0 saturated heterocycles. The molecule has 0 aliphatic rings. The van der Waals surface area contributed by atoms with Crippen LogP contribution in [-0.4, -0.2) is 24.0 Å². The third kappa shape index (κ3) is 5.35. The van der Waals surface area contributed by atoms with Crippen molar-refractivity contribution in [1.29, 1.82) is 0 Å². The van der Waals surface area contributed by atoms with E-state index in [-0.39, 0.29) is 5.91 Å². The first-order valence-electron chi connectivity index (χ1n) is 10.0. The SMILES string of the molecule is CCN(CC)c1ccc(NC(=O)c2ccc(NCc3ccccc3)nc2)c(C)c1. The highest BCUT2D eigenvalue weighted by atomic mass is 16.1.